The van der Waals surface area contributed by atoms with E-state index in [1.54, 1.807) is 0 Å². The first-order valence-electron chi connectivity index (χ1n) is 19.0. The van der Waals surface area contributed by atoms with Crippen molar-refractivity contribution < 1.29 is 9.90 Å². The van der Waals surface area contributed by atoms with Crippen LogP contribution in [0.5, 0.6) is 0 Å². The predicted octanol–water partition coefficient (Wildman–Crippen LogP) is 9.20. The number of nitrogens with zero attached hydrogens (tertiary/aromatic N) is 1. The molecule has 1 aromatic heterocycles. The summed E-state index contributed by atoms with van der Waals surface area (Å²) in [5, 5.41) is 14.8. The van der Waals surface area contributed by atoms with Gasteiger partial charge in [-0.3, -0.25) is 4.79 Å². The number of aliphatic hydroxyl groups excluding tert-OH is 1. The van der Waals surface area contributed by atoms with Crippen LogP contribution >= 0.6 is 0 Å². The van der Waals surface area contributed by atoms with E-state index in [1.807, 2.05) is 12.3 Å². The number of carbonyl (C=O) groups excluding carboxylic acids is 1. The van der Waals surface area contributed by atoms with Gasteiger partial charge < -0.3 is 15.4 Å². The van der Waals surface area contributed by atoms with Crippen LogP contribution in [0.3, 0.4) is 0 Å². The van der Waals surface area contributed by atoms with Crippen LogP contribution in [0.25, 0.3) is 11.3 Å². The van der Waals surface area contributed by atoms with Gasteiger partial charge in [0.25, 0.3) is 0 Å². The molecule has 47 heavy (non-hydrogen) atoms. The van der Waals surface area contributed by atoms with Gasteiger partial charge in [0.1, 0.15) is 5.82 Å². The number of rotatable bonds is 5. The minimum absolute atomic E-state index is 0.0307. The quantitative estimate of drug-likeness (QED) is 0.286. The fourth-order valence-electron chi connectivity index (χ4n) is 13.7. The minimum atomic E-state index is -0.375. The third-order valence-electron chi connectivity index (χ3n) is 16.7. The van der Waals surface area contributed by atoms with Gasteiger partial charge in [-0.2, -0.15) is 0 Å². The maximum absolute atomic E-state index is 15.0. The van der Waals surface area contributed by atoms with Gasteiger partial charge in [-0.05, 0) is 141 Å². The third kappa shape index (κ3) is 4.23. The maximum atomic E-state index is 15.0. The molecule has 5 heteroatoms. The highest BCUT2D eigenvalue weighted by Crippen LogP contribution is 2.77. The van der Waals surface area contributed by atoms with E-state index in [0.29, 0.717) is 29.6 Å². The van der Waals surface area contributed by atoms with Crippen LogP contribution in [-0.4, -0.2) is 27.1 Å². The molecule has 6 aliphatic carbocycles. The average molecular weight is 638 g/mol. The Kier molecular flexibility index (Phi) is 6.99. The van der Waals surface area contributed by atoms with Crippen molar-refractivity contribution in [3.8, 4) is 11.3 Å². The lowest BCUT2D eigenvalue weighted by atomic mass is 9.32. The van der Waals surface area contributed by atoms with E-state index in [-0.39, 0.29) is 44.6 Å². The number of nitrogens with one attached hydrogen (secondary N) is 2. The van der Waals surface area contributed by atoms with E-state index in [0.717, 1.165) is 68.4 Å². The van der Waals surface area contributed by atoms with Gasteiger partial charge in [-0.25, -0.2) is 4.98 Å². The van der Waals surface area contributed by atoms with Crippen molar-refractivity contribution in [3.63, 3.8) is 0 Å². The second kappa shape index (κ2) is 10.3. The Hall–Kier alpha value is -2.40. The van der Waals surface area contributed by atoms with Gasteiger partial charge in [0, 0.05) is 0 Å². The molecule has 2 aromatic rings. The van der Waals surface area contributed by atoms with Crippen LogP contribution in [0.2, 0.25) is 0 Å². The number of hydrogen-bond donors (Lipinski definition) is 3. The number of imidazole rings is 1. The maximum Gasteiger partial charge on any atom is 0.227 e. The lowest BCUT2D eigenvalue weighted by Gasteiger charge is -2.72. The Bertz CT molecular complexity index is 1570. The largest absolute Gasteiger partial charge is 0.393 e. The first kappa shape index (κ1) is 31.8. The second-order valence-corrected chi connectivity index (χ2v) is 18.8. The number of hydrogen-bond acceptors (Lipinski definition) is 3. The molecule has 8 rings (SSSR count). The Morgan fingerprint density at radius 2 is 1.62 bits per heavy atom. The van der Waals surface area contributed by atoms with Crippen molar-refractivity contribution in [3.05, 3.63) is 54.5 Å². The highest BCUT2D eigenvalue weighted by Gasteiger charge is 2.72. The zero-order valence-electron chi connectivity index (χ0n) is 29.9. The van der Waals surface area contributed by atoms with Crippen LogP contribution in [0, 0.1) is 56.7 Å². The number of aliphatic hydroxyl groups is 1. The summed E-state index contributed by atoms with van der Waals surface area (Å²) < 4.78 is 0. The SMILES string of the molecule is C=C(C)[C@@H]1CC[C@]2(C(=O)NC3(c4ncc(-c5ccccc5)[nH]4)CC3)CC[C@]3(C)[C@H](CC[C@@H]4[C@@]5(C)CC[C@H](O)C(C)(C)[C@@H]5CC[C@]43C)[C@@H]12. The first-order valence-corrected chi connectivity index (χ1v) is 19.0. The molecule has 6 saturated carbocycles. The Morgan fingerprint density at radius 3 is 2.32 bits per heavy atom. The lowest BCUT2D eigenvalue weighted by molar-refractivity contribution is -0.246. The average Bonchev–Trinajstić information content (AvgIpc) is 3.44. The van der Waals surface area contributed by atoms with Crippen LogP contribution in [0.4, 0.5) is 0 Å². The molecule has 0 saturated heterocycles. The van der Waals surface area contributed by atoms with Crippen LogP contribution in [0.1, 0.15) is 124 Å². The Morgan fingerprint density at radius 1 is 0.872 bits per heavy atom. The Balaban J connectivity index is 1.11. The van der Waals surface area contributed by atoms with Crippen molar-refractivity contribution in [2.75, 3.05) is 0 Å². The number of amides is 1. The summed E-state index contributed by atoms with van der Waals surface area (Å²) in [4.78, 5) is 23.4. The zero-order chi connectivity index (χ0) is 33.2. The molecule has 5 nitrogen and oxygen atoms in total. The van der Waals surface area contributed by atoms with Crippen molar-refractivity contribution in [2.24, 2.45) is 56.7 Å². The lowest BCUT2D eigenvalue weighted by Crippen LogP contribution is -2.67. The summed E-state index contributed by atoms with van der Waals surface area (Å²) in [6, 6.07) is 10.4. The minimum Gasteiger partial charge on any atom is -0.393 e. The monoisotopic (exact) mass is 637 g/mol. The normalized spacial score (nSPS) is 44.3. The fraction of sp³-hybridized carbons (Fsp3) is 0.714. The van der Waals surface area contributed by atoms with Gasteiger partial charge in [-0.15, -0.1) is 0 Å². The van der Waals surface area contributed by atoms with Gasteiger partial charge in [0.2, 0.25) is 5.91 Å². The van der Waals surface area contributed by atoms with Gasteiger partial charge >= 0.3 is 0 Å². The molecule has 0 unspecified atom stereocenters. The summed E-state index contributed by atoms with van der Waals surface area (Å²) in [6.45, 7) is 19.4. The molecule has 3 N–H and O–H groups in total. The van der Waals surface area contributed by atoms with Gasteiger partial charge in [-0.1, -0.05) is 77.1 Å². The topological polar surface area (TPSA) is 78.0 Å². The number of allylic oxidation sites excluding steroid dienone is 1. The second-order valence-electron chi connectivity index (χ2n) is 18.8. The van der Waals surface area contributed by atoms with Crippen molar-refractivity contribution in [1.29, 1.82) is 0 Å². The van der Waals surface area contributed by atoms with Crippen molar-refractivity contribution >= 4 is 5.91 Å². The first-order chi connectivity index (χ1) is 22.2. The predicted molar refractivity (Wildman–Crippen MR) is 188 cm³/mol. The molecule has 1 aromatic carbocycles. The van der Waals surface area contributed by atoms with E-state index in [2.05, 4.69) is 82.7 Å². The molecular weight excluding hydrogens is 578 g/mol. The van der Waals surface area contributed by atoms with E-state index < -0.39 is 0 Å². The third-order valence-corrected chi connectivity index (χ3v) is 16.7. The standard InChI is InChI=1S/C42H59N3O2/c1-26(2)28-15-20-41(36(47)45-42(23-24-42)35-43-25-30(44-35)27-11-9-8-10-12-27)22-21-39(6)29(34(28)41)13-14-32-38(5)18-17-33(46)37(3,4)31(38)16-19-40(32,39)7/h8-12,25,28-29,31-34,46H,1,13-24H2,2-7H3,(H,43,44)(H,45,47)/t28-,29+,31-,32+,33-,34+,38-,39+,40+,41-/m0/s1. The molecule has 6 aliphatic rings. The molecular formula is C42H59N3O2. The number of fused-ring (bicyclic) bond motifs is 7. The number of aromatic nitrogens is 2. The van der Waals surface area contributed by atoms with Gasteiger partial charge in [0.05, 0.1) is 28.9 Å². The summed E-state index contributed by atoms with van der Waals surface area (Å²) in [7, 11) is 0. The molecule has 0 spiro atoms. The summed E-state index contributed by atoms with van der Waals surface area (Å²) in [5.41, 5.74) is 3.37. The number of benzene rings is 1. The summed E-state index contributed by atoms with van der Waals surface area (Å²) in [5.74, 6) is 3.71. The molecule has 1 amide bonds. The molecule has 0 radical (unpaired) electrons. The fourth-order valence-corrected chi connectivity index (χ4v) is 13.7. The van der Waals surface area contributed by atoms with Crippen LogP contribution in [0.15, 0.2) is 48.7 Å². The highest BCUT2D eigenvalue weighted by molar-refractivity contribution is 5.85. The Labute approximate surface area is 283 Å². The van der Waals surface area contributed by atoms with E-state index in [9.17, 15) is 9.90 Å². The van der Waals surface area contributed by atoms with Crippen LogP contribution < -0.4 is 5.32 Å². The highest BCUT2D eigenvalue weighted by atomic mass is 16.3. The van der Waals surface area contributed by atoms with E-state index >= 15 is 0 Å². The number of H-pyrrole nitrogens is 1. The molecule has 6 fully saturated rings. The van der Waals surface area contributed by atoms with E-state index in [1.165, 1.54) is 31.3 Å². The molecule has 10 atom stereocenters. The molecule has 0 bridgehead atoms. The van der Waals surface area contributed by atoms with Crippen molar-refractivity contribution in [2.45, 2.75) is 130 Å². The molecule has 0 aliphatic heterocycles. The van der Waals surface area contributed by atoms with Gasteiger partial charge in [0.15, 0.2) is 0 Å². The van der Waals surface area contributed by atoms with Crippen LogP contribution in [-0.2, 0) is 10.3 Å². The molecule has 1 heterocycles. The number of aromatic amines is 1. The summed E-state index contributed by atoms with van der Waals surface area (Å²) in [6.07, 6.45) is 14.8. The number of carbonyl (C=O) groups is 1. The van der Waals surface area contributed by atoms with Crippen molar-refractivity contribution in [1.82, 2.24) is 15.3 Å². The molecule has 254 valence electrons. The van der Waals surface area contributed by atoms with E-state index in [4.69, 9.17) is 4.98 Å². The zero-order valence-corrected chi connectivity index (χ0v) is 29.9. The smallest absolute Gasteiger partial charge is 0.227 e. The summed E-state index contributed by atoms with van der Waals surface area (Å²) >= 11 is 0.